The number of benzene rings is 2. The number of urea groups is 1. The van der Waals surface area contributed by atoms with Crippen molar-refractivity contribution in [3.8, 4) is 0 Å². The van der Waals surface area contributed by atoms with E-state index in [9.17, 15) is 4.79 Å². The molecule has 0 aromatic heterocycles. The molecule has 2 aliphatic heterocycles. The number of hydrogen-bond acceptors (Lipinski definition) is 4. The number of nitrogens with zero attached hydrogens (tertiary/aromatic N) is 2. The monoisotopic (exact) mass is 436 g/mol. The summed E-state index contributed by atoms with van der Waals surface area (Å²) in [5.74, 6) is 0. The van der Waals surface area contributed by atoms with Crippen molar-refractivity contribution in [2.45, 2.75) is 45.4 Å². The van der Waals surface area contributed by atoms with Gasteiger partial charge in [-0.15, -0.1) is 0 Å². The van der Waals surface area contributed by atoms with Crippen LogP contribution >= 0.6 is 0 Å². The summed E-state index contributed by atoms with van der Waals surface area (Å²) in [4.78, 5) is 17.4. The van der Waals surface area contributed by atoms with Crippen molar-refractivity contribution >= 4 is 6.03 Å². The summed E-state index contributed by atoms with van der Waals surface area (Å²) in [5, 5.41) is 6.26. The van der Waals surface area contributed by atoms with E-state index >= 15 is 0 Å². The highest BCUT2D eigenvalue weighted by Crippen LogP contribution is 2.16. The lowest BCUT2D eigenvalue weighted by atomic mass is 10.0. The predicted molar refractivity (Wildman–Crippen MR) is 127 cm³/mol. The van der Waals surface area contributed by atoms with Crippen LogP contribution in [0.4, 0.5) is 4.79 Å². The van der Waals surface area contributed by atoms with Crippen LogP contribution in [-0.2, 0) is 24.4 Å². The molecule has 4 rings (SSSR count). The van der Waals surface area contributed by atoms with Crippen LogP contribution in [-0.4, -0.2) is 61.3 Å². The molecule has 2 amide bonds. The van der Waals surface area contributed by atoms with E-state index in [1.54, 1.807) is 0 Å². The molecule has 0 spiro atoms. The van der Waals surface area contributed by atoms with Crippen molar-refractivity contribution in [2.24, 2.45) is 0 Å². The molecule has 0 atom stereocenters. The molecule has 0 radical (unpaired) electrons. The molecule has 6 nitrogen and oxygen atoms in total. The maximum Gasteiger partial charge on any atom is 0.315 e. The van der Waals surface area contributed by atoms with E-state index in [1.807, 2.05) is 6.07 Å². The predicted octanol–water partition coefficient (Wildman–Crippen LogP) is 3.29. The third-order valence-corrected chi connectivity index (χ3v) is 6.63. The van der Waals surface area contributed by atoms with Gasteiger partial charge in [-0.25, -0.2) is 4.79 Å². The van der Waals surface area contributed by atoms with Crippen LogP contribution in [0.15, 0.2) is 48.5 Å². The Morgan fingerprint density at radius 1 is 0.875 bits per heavy atom. The number of ether oxygens (including phenoxy) is 1. The summed E-state index contributed by atoms with van der Waals surface area (Å²) < 4.78 is 5.45. The van der Waals surface area contributed by atoms with Gasteiger partial charge in [-0.1, -0.05) is 48.5 Å². The molecule has 2 aromatic rings. The number of rotatable bonds is 7. The lowest BCUT2D eigenvalue weighted by Crippen LogP contribution is -2.47. The Bertz CT molecular complexity index is 874. The molecule has 0 saturated carbocycles. The van der Waals surface area contributed by atoms with Crippen LogP contribution in [0.2, 0.25) is 0 Å². The average Bonchev–Trinajstić information content (AvgIpc) is 2.82. The standard InChI is InChI=1S/C26H36N4O2/c1-21-6-2-3-8-23(21)19-29-12-10-25(11-13-29)28-26(31)27-18-22-7-4-5-9-24(22)20-30-14-16-32-17-15-30/h2-9,25H,10-20H2,1H3,(H2,27,28,31). The molecular formula is C26H36N4O2. The molecule has 2 aliphatic rings. The molecule has 2 heterocycles. The topological polar surface area (TPSA) is 56.8 Å². The third-order valence-electron chi connectivity index (χ3n) is 6.63. The van der Waals surface area contributed by atoms with Gasteiger partial charge in [0.15, 0.2) is 0 Å². The van der Waals surface area contributed by atoms with Crippen LogP contribution < -0.4 is 10.6 Å². The van der Waals surface area contributed by atoms with Crippen molar-refractivity contribution in [3.05, 3.63) is 70.8 Å². The zero-order valence-corrected chi connectivity index (χ0v) is 19.2. The molecule has 32 heavy (non-hydrogen) atoms. The third kappa shape index (κ3) is 6.55. The molecule has 2 fully saturated rings. The maximum absolute atomic E-state index is 12.5. The first-order valence-corrected chi connectivity index (χ1v) is 11.9. The van der Waals surface area contributed by atoms with Crippen molar-refractivity contribution in [1.82, 2.24) is 20.4 Å². The van der Waals surface area contributed by atoms with Crippen molar-refractivity contribution in [1.29, 1.82) is 0 Å². The summed E-state index contributed by atoms with van der Waals surface area (Å²) in [5.41, 5.74) is 5.20. The highest BCUT2D eigenvalue weighted by molar-refractivity contribution is 5.74. The summed E-state index contributed by atoms with van der Waals surface area (Å²) in [7, 11) is 0. The highest BCUT2D eigenvalue weighted by Gasteiger charge is 2.21. The van der Waals surface area contributed by atoms with E-state index in [-0.39, 0.29) is 12.1 Å². The Balaban J connectivity index is 1.20. The van der Waals surface area contributed by atoms with Gasteiger partial charge in [0.25, 0.3) is 0 Å². The minimum Gasteiger partial charge on any atom is -0.379 e. The average molecular weight is 437 g/mol. The van der Waals surface area contributed by atoms with Crippen molar-refractivity contribution in [3.63, 3.8) is 0 Å². The second-order valence-electron chi connectivity index (χ2n) is 8.96. The Kier molecular flexibility index (Phi) is 8.15. The van der Waals surface area contributed by atoms with Crippen molar-refractivity contribution < 1.29 is 9.53 Å². The minimum absolute atomic E-state index is 0.0662. The fraction of sp³-hybridized carbons (Fsp3) is 0.500. The molecule has 2 N–H and O–H groups in total. The van der Waals surface area contributed by atoms with E-state index in [4.69, 9.17) is 4.74 Å². The molecule has 172 valence electrons. The summed E-state index contributed by atoms with van der Waals surface area (Å²) in [6.07, 6.45) is 1.99. The Labute approximate surface area is 191 Å². The Hall–Kier alpha value is -2.41. The number of aryl methyl sites for hydroxylation is 1. The van der Waals surface area contributed by atoms with Gasteiger partial charge in [0.05, 0.1) is 13.2 Å². The van der Waals surface area contributed by atoms with Gasteiger partial charge in [0.2, 0.25) is 0 Å². The van der Waals surface area contributed by atoms with Crippen LogP contribution in [0.1, 0.15) is 35.1 Å². The van der Waals surface area contributed by atoms with Gasteiger partial charge < -0.3 is 15.4 Å². The smallest absolute Gasteiger partial charge is 0.315 e. The fourth-order valence-corrected chi connectivity index (χ4v) is 4.56. The maximum atomic E-state index is 12.5. The van der Waals surface area contributed by atoms with Crippen LogP contribution in [0, 0.1) is 6.92 Å². The number of likely N-dealkylation sites (tertiary alicyclic amines) is 1. The normalized spacial score (nSPS) is 18.4. The molecule has 0 aliphatic carbocycles. The van der Waals surface area contributed by atoms with Crippen molar-refractivity contribution in [2.75, 3.05) is 39.4 Å². The molecule has 0 unspecified atom stereocenters. The second kappa shape index (κ2) is 11.5. The number of morpholine rings is 1. The number of carbonyl (C=O) groups excluding carboxylic acids is 1. The quantitative estimate of drug-likeness (QED) is 0.699. The summed E-state index contributed by atoms with van der Waals surface area (Å²) >= 11 is 0. The first-order chi connectivity index (χ1) is 15.7. The number of nitrogens with one attached hydrogen (secondary N) is 2. The number of piperidine rings is 1. The highest BCUT2D eigenvalue weighted by atomic mass is 16.5. The van der Waals surface area contributed by atoms with E-state index < -0.39 is 0 Å². The molecule has 2 saturated heterocycles. The van der Waals surface area contributed by atoms with Gasteiger partial charge in [-0.3, -0.25) is 9.80 Å². The van der Waals surface area contributed by atoms with Gasteiger partial charge in [0, 0.05) is 51.9 Å². The minimum atomic E-state index is -0.0662. The number of hydrogen-bond donors (Lipinski definition) is 2. The van der Waals surface area contributed by atoms with Gasteiger partial charge >= 0.3 is 6.03 Å². The van der Waals surface area contributed by atoms with Crippen LogP contribution in [0.3, 0.4) is 0 Å². The Morgan fingerprint density at radius 3 is 2.19 bits per heavy atom. The molecule has 0 bridgehead atoms. The number of amides is 2. The Morgan fingerprint density at radius 2 is 1.47 bits per heavy atom. The van der Waals surface area contributed by atoms with E-state index in [0.29, 0.717) is 6.54 Å². The van der Waals surface area contributed by atoms with E-state index in [0.717, 1.165) is 65.3 Å². The SMILES string of the molecule is Cc1ccccc1CN1CCC(NC(=O)NCc2ccccc2CN2CCOCC2)CC1. The zero-order valence-electron chi connectivity index (χ0n) is 19.2. The van der Waals surface area contributed by atoms with Gasteiger partial charge in [-0.2, -0.15) is 0 Å². The zero-order chi connectivity index (χ0) is 22.2. The largest absolute Gasteiger partial charge is 0.379 e. The summed E-state index contributed by atoms with van der Waals surface area (Å²) in [6, 6.07) is 17.2. The number of carbonyl (C=O) groups is 1. The lowest BCUT2D eigenvalue weighted by Gasteiger charge is -2.32. The molecule has 2 aromatic carbocycles. The van der Waals surface area contributed by atoms with Gasteiger partial charge in [0.1, 0.15) is 0 Å². The van der Waals surface area contributed by atoms with Gasteiger partial charge in [-0.05, 0) is 42.0 Å². The molecule has 6 heteroatoms. The van der Waals surface area contributed by atoms with Crippen LogP contribution in [0.25, 0.3) is 0 Å². The first-order valence-electron chi connectivity index (χ1n) is 11.9. The van der Waals surface area contributed by atoms with Crippen LogP contribution in [0.5, 0.6) is 0 Å². The van der Waals surface area contributed by atoms with E-state index in [1.165, 1.54) is 22.3 Å². The summed E-state index contributed by atoms with van der Waals surface area (Å²) in [6.45, 7) is 10.2. The second-order valence-corrected chi connectivity index (χ2v) is 8.96. The first kappa shape index (κ1) is 22.8. The molecular weight excluding hydrogens is 400 g/mol. The fourth-order valence-electron chi connectivity index (χ4n) is 4.56. The van der Waals surface area contributed by atoms with E-state index in [2.05, 4.69) is 69.8 Å². The lowest BCUT2D eigenvalue weighted by molar-refractivity contribution is 0.0341.